The van der Waals surface area contributed by atoms with Gasteiger partial charge in [-0.25, -0.2) is 0 Å². The average Bonchev–Trinajstić information content (AvgIpc) is 2.34. The molecular weight excluding hydrogens is 212 g/mol. The molecule has 0 aliphatic rings. The number of hydrogen-bond acceptors (Lipinski definition) is 3. The van der Waals surface area contributed by atoms with Crippen molar-refractivity contribution in [3.63, 3.8) is 0 Å². The van der Waals surface area contributed by atoms with Gasteiger partial charge in [-0.3, -0.25) is 4.90 Å². The Morgan fingerprint density at radius 1 is 1.29 bits per heavy atom. The van der Waals surface area contributed by atoms with Gasteiger partial charge >= 0.3 is 0 Å². The number of hydrogen-bond donors (Lipinski definition) is 1. The number of ether oxygens (including phenoxy) is 1. The second-order valence-corrected chi connectivity index (χ2v) is 4.68. The third kappa shape index (κ3) is 3.20. The van der Waals surface area contributed by atoms with E-state index in [2.05, 4.69) is 38.8 Å². The first-order valence-corrected chi connectivity index (χ1v) is 6.04. The van der Waals surface area contributed by atoms with Crippen LogP contribution in [0.5, 0.6) is 5.75 Å². The Hall–Kier alpha value is -1.06. The lowest BCUT2D eigenvalue weighted by Gasteiger charge is -2.24. The Labute approximate surface area is 105 Å². The highest BCUT2D eigenvalue weighted by atomic mass is 16.5. The van der Waals surface area contributed by atoms with Crippen molar-refractivity contribution in [2.24, 2.45) is 5.73 Å². The summed E-state index contributed by atoms with van der Waals surface area (Å²) in [7, 11) is 3.82. The molecule has 1 rings (SSSR count). The van der Waals surface area contributed by atoms with E-state index in [1.807, 2.05) is 6.07 Å². The summed E-state index contributed by atoms with van der Waals surface area (Å²) < 4.78 is 5.32. The molecule has 0 saturated heterocycles. The minimum Gasteiger partial charge on any atom is -0.496 e. The first-order chi connectivity index (χ1) is 8.01. The predicted molar refractivity (Wildman–Crippen MR) is 72.5 cm³/mol. The van der Waals surface area contributed by atoms with Gasteiger partial charge in [0.1, 0.15) is 5.75 Å². The highest BCUT2D eigenvalue weighted by molar-refractivity contribution is 5.43. The Balaban J connectivity index is 2.89. The molecule has 96 valence electrons. The first-order valence-electron chi connectivity index (χ1n) is 6.04. The second-order valence-electron chi connectivity index (χ2n) is 4.68. The zero-order chi connectivity index (χ0) is 13.0. The summed E-state index contributed by atoms with van der Waals surface area (Å²) in [6, 6.07) is 4.58. The lowest BCUT2D eigenvalue weighted by Crippen LogP contribution is -2.34. The van der Waals surface area contributed by atoms with Gasteiger partial charge in [-0.2, -0.15) is 0 Å². The number of likely N-dealkylation sites (N-methyl/N-ethyl adjacent to an activating group) is 1. The van der Waals surface area contributed by atoms with Gasteiger partial charge in [-0.1, -0.05) is 6.07 Å². The molecule has 1 unspecified atom stereocenters. The highest BCUT2D eigenvalue weighted by Gasteiger charge is 2.11. The Bertz CT molecular complexity index is 377. The molecule has 1 aromatic rings. The van der Waals surface area contributed by atoms with E-state index in [0.717, 1.165) is 12.3 Å². The van der Waals surface area contributed by atoms with E-state index in [1.165, 1.54) is 16.7 Å². The molecule has 0 spiro atoms. The number of methoxy groups -OCH3 is 1. The quantitative estimate of drug-likeness (QED) is 0.851. The summed E-state index contributed by atoms with van der Waals surface area (Å²) in [6.45, 7) is 8.00. The summed E-state index contributed by atoms with van der Waals surface area (Å²) in [6.07, 6.45) is 0. The van der Waals surface area contributed by atoms with E-state index in [0.29, 0.717) is 12.6 Å². The summed E-state index contributed by atoms with van der Waals surface area (Å²) in [4.78, 5) is 2.27. The molecule has 0 radical (unpaired) electrons. The van der Waals surface area contributed by atoms with Gasteiger partial charge in [0, 0.05) is 19.1 Å². The molecular formula is C14H24N2O. The van der Waals surface area contributed by atoms with Crippen LogP contribution in [0.15, 0.2) is 12.1 Å². The van der Waals surface area contributed by atoms with Crippen molar-refractivity contribution in [3.05, 3.63) is 28.8 Å². The molecule has 0 amide bonds. The fraction of sp³-hybridized carbons (Fsp3) is 0.571. The smallest absolute Gasteiger partial charge is 0.122 e. The first kappa shape index (κ1) is 14.0. The molecule has 1 atom stereocenters. The van der Waals surface area contributed by atoms with Crippen LogP contribution in [0.4, 0.5) is 0 Å². The van der Waals surface area contributed by atoms with Crippen LogP contribution >= 0.6 is 0 Å². The summed E-state index contributed by atoms with van der Waals surface area (Å²) in [5.74, 6) is 0.959. The maximum atomic E-state index is 5.68. The van der Waals surface area contributed by atoms with E-state index in [-0.39, 0.29) is 0 Å². The molecule has 17 heavy (non-hydrogen) atoms. The van der Waals surface area contributed by atoms with Crippen molar-refractivity contribution in [1.82, 2.24) is 4.90 Å². The molecule has 0 aliphatic heterocycles. The van der Waals surface area contributed by atoms with Gasteiger partial charge in [0.25, 0.3) is 0 Å². The van der Waals surface area contributed by atoms with Gasteiger partial charge in [0.15, 0.2) is 0 Å². The summed E-state index contributed by atoms with van der Waals surface area (Å²) in [5.41, 5.74) is 9.54. The zero-order valence-corrected chi connectivity index (χ0v) is 11.6. The summed E-state index contributed by atoms with van der Waals surface area (Å²) >= 11 is 0. The minimum absolute atomic E-state index is 0.400. The molecule has 0 saturated carbocycles. The van der Waals surface area contributed by atoms with Gasteiger partial charge < -0.3 is 10.5 Å². The van der Waals surface area contributed by atoms with E-state index in [4.69, 9.17) is 10.5 Å². The van der Waals surface area contributed by atoms with Crippen LogP contribution in [0.2, 0.25) is 0 Å². The fourth-order valence-corrected chi connectivity index (χ4v) is 1.85. The van der Waals surface area contributed by atoms with Crippen molar-refractivity contribution in [2.75, 3.05) is 20.7 Å². The normalized spacial score (nSPS) is 12.9. The third-order valence-corrected chi connectivity index (χ3v) is 3.58. The van der Waals surface area contributed by atoms with E-state index >= 15 is 0 Å². The predicted octanol–water partition coefficient (Wildman–Crippen LogP) is 2.09. The van der Waals surface area contributed by atoms with Crippen molar-refractivity contribution in [2.45, 2.75) is 33.4 Å². The van der Waals surface area contributed by atoms with Gasteiger partial charge in [-0.05, 0) is 50.6 Å². The molecule has 0 aromatic heterocycles. The van der Waals surface area contributed by atoms with Crippen LogP contribution in [0.1, 0.15) is 23.6 Å². The van der Waals surface area contributed by atoms with Crippen LogP contribution in [-0.2, 0) is 6.54 Å². The maximum Gasteiger partial charge on any atom is 0.122 e. The molecule has 0 fully saturated rings. The zero-order valence-electron chi connectivity index (χ0n) is 11.6. The van der Waals surface area contributed by atoms with Gasteiger partial charge in [0.2, 0.25) is 0 Å². The molecule has 1 aromatic carbocycles. The Kier molecular flexibility index (Phi) is 4.97. The monoisotopic (exact) mass is 236 g/mol. The van der Waals surface area contributed by atoms with Crippen LogP contribution in [0, 0.1) is 13.8 Å². The molecule has 2 N–H and O–H groups in total. The molecule has 0 bridgehead atoms. The van der Waals surface area contributed by atoms with Crippen molar-refractivity contribution in [1.29, 1.82) is 0 Å². The minimum atomic E-state index is 0.400. The third-order valence-electron chi connectivity index (χ3n) is 3.58. The number of benzene rings is 1. The van der Waals surface area contributed by atoms with Crippen molar-refractivity contribution < 1.29 is 4.74 Å². The van der Waals surface area contributed by atoms with Crippen LogP contribution in [0.3, 0.4) is 0 Å². The highest BCUT2D eigenvalue weighted by Crippen LogP contribution is 2.24. The SMILES string of the molecule is COc1ccc(CN(C)C(C)CN)c(C)c1C. The second kappa shape index (κ2) is 6.03. The molecule has 0 aliphatic carbocycles. The maximum absolute atomic E-state index is 5.68. The topological polar surface area (TPSA) is 38.5 Å². The molecule has 3 heteroatoms. The van der Waals surface area contributed by atoms with Crippen LogP contribution in [0.25, 0.3) is 0 Å². The standard InChI is InChI=1S/C14H24N2O/c1-10(8-15)16(4)9-13-6-7-14(17-5)12(3)11(13)2/h6-7,10H,8-9,15H2,1-5H3. The number of nitrogens with zero attached hydrogens (tertiary/aromatic N) is 1. The van der Waals surface area contributed by atoms with Gasteiger partial charge in [0.05, 0.1) is 7.11 Å². The van der Waals surface area contributed by atoms with E-state index < -0.39 is 0 Å². The van der Waals surface area contributed by atoms with E-state index in [9.17, 15) is 0 Å². The van der Waals surface area contributed by atoms with Crippen molar-refractivity contribution in [3.8, 4) is 5.75 Å². The Morgan fingerprint density at radius 2 is 1.94 bits per heavy atom. The van der Waals surface area contributed by atoms with E-state index in [1.54, 1.807) is 7.11 Å². The van der Waals surface area contributed by atoms with Crippen LogP contribution < -0.4 is 10.5 Å². The molecule has 3 nitrogen and oxygen atoms in total. The Morgan fingerprint density at radius 3 is 2.47 bits per heavy atom. The molecule has 0 heterocycles. The van der Waals surface area contributed by atoms with Crippen LogP contribution in [-0.4, -0.2) is 31.6 Å². The average molecular weight is 236 g/mol. The largest absolute Gasteiger partial charge is 0.496 e. The number of nitrogens with two attached hydrogens (primary N) is 1. The summed E-state index contributed by atoms with van der Waals surface area (Å²) in [5, 5.41) is 0. The lowest BCUT2D eigenvalue weighted by molar-refractivity contribution is 0.254. The number of rotatable bonds is 5. The van der Waals surface area contributed by atoms with Crippen molar-refractivity contribution >= 4 is 0 Å². The van der Waals surface area contributed by atoms with Gasteiger partial charge in [-0.15, -0.1) is 0 Å². The fourth-order valence-electron chi connectivity index (χ4n) is 1.85. The lowest BCUT2D eigenvalue weighted by atomic mass is 10.0.